The first-order valence-electron chi connectivity index (χ1n) is 9.27. The molecule has 1 aromatic carbocycles. The van der Waals surface area contributed by atoms with Crippen molar-refractivity contribution in [2.24, 2.45) is 0 Å². The van der Waals surface area contributed by atoms with Crippen molar-refractivity contribution in [2.45, 2.75) is 53.0 Å². The van der Waals surface area contributed by atoms with E-state index in [2.05, 4.69) is 10.4 Å². The fraction of sp³-hybridized carbons (Fsp3) is 0.429. The molecule has 0 radical (unpaired) electrons. The minimum absolute atomic E-state index is 0.0259. The summed E-state index contributed by atoms with van der Waals surface area (Å²) in [5.74, 6) is -0.863. The number of Topliss-reactive ketones (excluding diaryl/α,β-unsaturated/α-hetero) is 1. The first-order valence-corrected chi connectivity index (χ1v) is 9.27. The fourth-order valence-electron chi connectivity index (χ4n) is 3.43. The van der Waals surface area contributed by atoms with E-state index in [1.54, 1.807) is 29.8 Å². The topological polar surface area (TPSA) is 90.3 Å². The van der Waals surface area contributed by atoms with Crippen molar-refractivity contribution in [3.63, 3.8) is 0 Å². The van der Waals surface area contributed by atoms with Gasteiger partial charge in [0, 0.05) is 17.7 Å². The van der Waals surface area contributed by atoms with E-state index in [4.69, 9.17) is 4.74 Å². The van der Waals surface area contributed by atoms with Crippen LogP contribution >= 0.6 is 0 Å². The number of aromatic nitrogens is 2. The van der Waals surface area contributed by atoms with Gasteiger partial charge in [0.05, 0.1) is 16.9 Å². The van der Waals surface area contributed by atoms with Crippen LogP contribution in [-0.2, 0) is 21.5 Å². The average Bonchev–Trinajstić information content (AvgIpc) is 2.93. The molecule has 0 unspecified atom stereocenters. The number of carbonyl (C=O) groups is 3. The van der Waals surface area contributed by atoms with Gasteiger partial charge in [-0.05, 0) is 64.8 Å². The summed E-state index contributed by atoms with van der Waals surface area (Å²) in [5.41, 5.74) is 3.53. The molecule has 0 saturated heterocycles. The van der Waals surface area contributed by atoms with Crippen LogP contribution in [-0.4, -0.2) is 34.0 Å². The number of hydrogen-bond donors (Lipinski definition) is 1. The van der Waals surface area contributed by atoms with Crippen LogP contribution in [0, 0.1) is 13.8 Å². The highest BCUT2D eigenvalue weighted by Crippen LogP contribution is 2.24. The number of amides is 1. The van der Waals surface area contributed by atoms with Crippen LogP contribution in [0.4, 0.5) is 5.69 Å². The van der Waals surface area contributed by atoms with E-state index in [1.165, 1.54) is 0 Å². The number of ether oxygens (including phenoxy) is 1. The molecule has 1 aromatic heterocycles. The first-order chi connectivity index (χ1) is 13.1. The summed E-state index contributed by atoms with van der Waals surface area (Å²) in [5, 5.41) is 7.22. The van der Waals surface area contributed by atoms with Gasteiger partial charge in [-0.15, -0.1) is 0 Å². The lowest BCUT2D eigenvalue weighted by atomic mass is 9.99. The number of anilines is 1. The molecule has 1 aliphatic heterocycles. The molecular formula is C21H25N3O4. The number of rotatable bonds is 4. The van der Waals surface area contributed by atoms with Crippen molar-refractivity contribution in [1.82, 2.24) is 9.78 Å². The Kier molecular flexibility index (Phi) is 5.10. The summed E-state index contributed by atoms with van der Waals surface area (Å²) in [7, 11) is 0. The van der Waals surface area contributed by atoms with Crippen LogP contribution < -0.4 is 5.32 Å². The molecular weight excluding hydrogens is 358 g/mol. The molecule has 28 heavy (non-hydrogen) atoms. The van der Waals surface area contributed by atoms with Gasteiger partial charge in [-0.2, -0.15) is 5.10 Å². The number of nitrogens with zero attached hydrogens (tertiary/aromatic N) is 2. The highest BCUT2D eigenvalue weighted by Gasteiger charge is 2.26. The molecule has 0 aliphatic carbocycles. The van der Waals surface area contributed by atoms with Gasteiger partial charge in [-0.25, -0.2) is 4.79 Å². The van der Waals surface area contributed by atoms with Crippen LogP contribution in [0.15, 0.2) is 18.2 Å². The van der Waals surface area contributed by atoms with E-state index >= 15 is 0 Å². The van der Waals surface area contributed by atoms with E-state index < -0.39 is 5.97 Å². The summed E-state index contributed by atoms with van der Waals surface area (Å²) in [6.45, 7) is 9.24. The van der Waals surface area contributed by atoms with Crippen molar-refractivity contribution in [2.75, 3.05) is 11.9 Å². The van der Waals surface area contributed by atoms with Crippen molar-refractivity contribution in [3.8, 4) is 0 Å². The quantitative estimate of drug-likeness (QED) is 0.647. The third-order valence-corrected chi connectivity index (χ3v) is 4.79. The van der Waals surface area contributed by atoms with Gasteiger partial charge in [0.25, 0.3) is 0 Å². The molecule has 7 nitrogen and oxygen atoms in total. The smallest absolute Gasteiger partial charge is 0.342 e. The Morgan fingerprint density at radius 1 is 1.21 bits per heavy atom. The summed E-state index contributed by atoms with van der Waals surface area (Å²) in [6, 6.07) is 5.09. The Balaban J connectivity index is 1.71. The van der Waals surface area contributed by atoms with Crippen LogP contribution in [0.3, 0.4) is 0 Å². The first kappa shape index (κ1) is 19.8. The molecule has 148 valence electrons. The lowest BCUT2D eigenvalue weighted by molar-refractivity contribution is -0.116. The molecule has 0 spiro atoms. The Morgan fingerprint density at radius 3 is 2.57 bits per heavy atom. The van der Waals surface area contributed by atoms with Gasteiger partial charge in [0.15, 0.2) is 12.4 Å². The normalized spacial score (nSPS) is 13.7. The van der Waals surface area contributed by atoms with Crippen molar-refractivity contribution >= 4 is 23.3 Å². The molecule has 7 heteroatoms. The summed E-state index contributed by atoms with van der Waals surface area (Å²) in [4.78, 5) is 36.5. The molecule has 1 aliphatic rings. The summed E-state index contributed by atoms with van der Waals surface area (Å²) < 4.78 is 7.07. The van der Waals surface area contributed by atoms with Crippen molar-refractivity contribution in [1.29, 1.82) is 0 Å². The predicted molar refractivity (Wildman–Crippen MR) is 105 cm³/mol. The Morgan fingerprint density at radius 2 is 1.93 bits per heavy atom. The second-order valence-electron chi connectivity index (χ2n) is 8.05. The predicted octanol–water partition coefficient (Wildman–Crippen LogP) is 3.18. The zero-order valence-corrected chi connectivity index (χ0v) is 16.9. The molecule has 1 N–H and O–H groups in total. The minimum Gasteiger partial charge on any atom is -0.454 e. The lowest BCUT2D eigenvalue weighted by Crippen LogP contribution is -2.25. The number of benzene rings is 1. The highest BCUT2D eigenvalue weighted by atomic mass is 16.5. The number of aryl methyl sites for hydroxylation is 2. The van der Waals surface area contributed by atoms with E-state index in [9.17, 15) is 14.4 Å². The molecule has 1 amide bonds. The molecule has 0 atom stereocenters. The average molecular weight is 383 g/mol. The van der Waals surface area contributed by atoms with Gasteiger partial charge >= 0.3 is 5.97 Å². The van der Waals surface area contributed by atoms with Crippen molar-refractivity contribution in [3.05, 3.63) is 46.3 Å². The van der Waals surface area contributed by atoms with Gasteiger partial charge in [0.2, 0.25) is 5.91 Å². The minimum atomic E-state index is -0.552. The maximum atomic E-state index is 12.6. The standard InChI is InChI=1S/C21H25N3O4/c1-12-19(13(2)24(23-12)21(3,4)5)20(27)28-11-17(25)15-6-8-16-14(10-15)7-9-18(26)22-16/h6,8,10H,7,9,11H2,1-5H3,(H,22,26). The van der Waals surface area contributed by atoms with Gasteiger partial charge < -0.3 is 10.1 Å². The Labute approximate surface area is 164 Å². The van der Waals surface area contributed by atoms with Gasteiger partial charge in [-0.1, -0.05) is 0 Å². The number of nitrogens with one attached hydrogen (secondary N) is 1. The van der Waals surface area contributed by atoms with Crippen LogP contribution in [0.1, 0.15) is 64.9 Å². The molecule has 0 bridgehead atoms. The monoisotopic (exact) mass is 383 g/mol. The zero-order valence-electron chi connectivity index (χ0n) is 16.9. The molecule has 2 heterocycles. The number of hydrogen-bond acceptors (Lipinski definition) is 5. The number of esters is 1. The molecule has 3 rings (SSSR count). The fourth-order valence-corrected chi connectivity index (χ4v) is 3.43. The Hall–Kier alpha value is -2.96. The highest BCUT2D eigenvalue weighted by molar-refractivity contribution is 6.01. The van der Waals surface area contributed by atoms with E-state index in [1.807, 2.05) is 27.7 Å². The Bertz CT molecular complexity index is 967. The van der Waals surface area contributed by atoms with E-state index in [0.29, 0.717) is 35.4 Å². The SMILES string of the molecule is Cc1nn(C(C)(C)C)c(C)c1C(=O)OCC(=O)c1ccc2c(c1)CCC(=O)N2. The number of carbonyl (C=O) groups excluding carboxylic acids is 3. The van der Waals surface area contributed by atoms with E-state index in [-0.39, 0.29) is 23.8 Å². The number of fused-ring (bicyclic) bond motifs is 1. The zero-order chi connectivity index (χ0) is 20.6. The second-order valence-corrected chi connectivity index (χ2v) is 8.05. The molecule has 0 fully saturated rings. The van der Waals surface area contributed by atoms with E-state index in [0.717, 1.165) is 11.3 Å². The van der Waals surface area contributed by atoms with Crippen LogP contribution in [0.2, 0.25) is 0 Å². The third-order valence-electron chi connectivity index (χ3n) is 4.79. The maximum absolute atomic E-state index is 12.6. The van der Waals surface area contributed by atoms with Crippen molar-refractivity contribution < 1.29 is 19.1 Å². The third kappa shape index (κ3) is 3.83. The maximum Gasteiger partial charge on any atom is 0.342 e. The lowest BCUT2D eigenvalue weighted by Gasteiger charge is -2.21. The summed E-state index contributed by atoms with van der Waals surface area (Å²) in [6.07, 6.45) is 0.988. The van der Waals surface area contributed by atoms with Gasteiger partial charge in [-0.3, -0.25) is 14.3 Å². The molecule has 2 aromatic rings. The van der Waals surface area contributed by atoms with Gasteiger partial charge in [0.1, 0.15) is 5.56 Å². The molecule has 0 saturated carbocycles. The second kappa shape index (κ2) is 7.22. The largest absolute Gasteiger partial charge is 0.454 e. The van der Waals surface area contributed by atoms with Crippen LogP contribution in [0.25, 0.3) is 0 Å². The number of ketones is 1. The van der Waals surface area contributed by atoms with Crippen LogP contribution in [0.5, 0.6) is 0 Å². The summed E-state index contributed by atoms with van der Waals surface area (Å²) >= 11 is 0.